The molecule has 0 unspecified atom stereocenters. The van der Waals surface area contributed by atoms with Crippen LogP contribution in [0.2, 0.25) is 0 Å². The van der Waals surface area contributed by atoms with Crippen LogP contribution in [0.15, 0.2) is 48.8 Å². The number of pyridine rings is 2. The van der Waals surface area contributed by atoms with Crippen molar-refractivity contribution in [1.82, 2.24) is 30.0 Å². The average molecular weight is 941 g/mol. The Bertz CT molecular complexity index is 1630. The second kappa shape index (κ2) is 29.0. The minimum atomic E-state index is -10.7. The summed E-state index contributed by atoms with van der Waals surface area (Å²) in [4.78, 5) is 43.4. The molecule has 2 aromatic heterocycles. The van der Waals surface area contributed by atoms with Crippen LogP contribution in [0.1, 0.15) is 22.8 Å². The van der Waals surface area contributed by atoms with Gasteiger partial charge in [-0.3, -0.25) is 19.1 Å². The van der Waals surface area contributed by atoms with Crippen LogP contribution in [0.5, 0.6) is 0 Å². The number of carbonyl (C=O) groups is 3. The quantitative estimate of drug-likeness (QED) is 0.0876. The first kappa shape index (κ1) is 65.5. The Morgan fingerprint density at radius 2 is 1.14 bits per heavy atom. The molecule has 2 rings (SSSR count). The molecule has 1 amide bonds. The van der Waals surface area contributed by atoms with E-state index in [0.29, 0.717) is 11.4 Å². The van der Waals surface area contributed by atoms with E-state index >= 15 is 0 Å². The second-order valence-corrected chi connectivity index (χ2v) is 15.0. The molecule has 0 spiro atoms. The zero-order chi connectivity index (χ0) is 46.5. The van der Waals surface area contributed by atoms with E-state index in [0.717, 1.165) is 29.9 Å². The summed E-state index contributed by atoms with van der Waals surface area (Å²) >= 11 is 8.98. The molecule has 0 radical (unpaired) electrons. The molecule has 0 atom stereocenters. The molecule has 0 aliphatic carbocycles. The maximum Gasteiger partial charge on any atom is 0.304 e. The van der Waals surface area contributed by atoms with Crippen molar-refractivity contribution in [3.63, 3.8) is 0 Å². The summed E-state index contributed by atoms with van der Waals surface area (Å²) < 4.78 is 108. The summed E-state index contributed by atoms with van der Waals surface area (Å²) in [5.41, 5.74) is 3.71. The number of amides is 1. The van der Waals surface area contributed by atoms with E-state index in [1.54, 1.807) is 26.2 Å². The summed E-state index contributed by atoms with van der Waals surface area (Å²) in [6.45, 7) is 0.875. The number of nitrogens with zero attached hydrogens (tertiary/aromatic N) is 7. The van der Waals surface area contributed by atoms with Gasteiger partial charge in [0.05, 0.1) is 25.5 Å². The minimum Gasteiger partial charge on any atom is -0.271 e. The van der Waals surface area contributed by atoms with E-state index in [9.17, 15) is 60.5 Å². The van der Waals surface area contributed by atoms with Gasteiger partial charge in [0.1, 0.15) is 30.1 Å². The fourth-order valence-corrected chi connectivity index (χ4v) is 2.40. The Morgan fingerprint density at radius 3 is 1.41 bits per heavy atom. The monoisotopic (exact) mass is 939 g/mol. The van der Waals surface area contributed by atoms with Crippen molar-refractivity contribution in [1.29, 1.82) is 10.5 Å². The molecule has 0 saturated carbocycles. The van der Waals surface area contributed by atoms with E-state index in [1.165, 1.54) is 9.80 Å². The molecule has 12 nitrogen and oxygen atoms in total. The van der Waals surface area contributed by atoms with E-state index in [1.807, 2.05) is 94.7 Å². The van der Waals surface area contributed by atoms with Crippen LogP contribution in [0.25, 0.3) is 11.6 Å². The predicted octanol–water partition coefficient (Wildman–Crippen LogP) is 8.04. The number of hydrogen-bond donors (Lipinski definition) is 2. The van der Waals surface area contributed by atoms with Crippen molar-refractivity contribution in [2.24, 2.45) is 0 Å². The molecule has 2 aromatic rings. The molecule has 0 aliphatic rings. The molecule has 2 heterocycles. The van der Waals surface area contributed by atoms with Crippen molar-refractivity contribution in [2.45, 2.75) is 0 Å². The SMILES string of the molecule is CN(C)/C=C(\C[NH+](C)C)c1cccc(C#N)n1.CN(C)/C=C/c1cccc(C#N)n1.CN(C)C=O.CNC.F.FP(F)(F)(F)F.F[P-](F)(F)(F)(F)F.O=C(Cl)C(=O)Cl. The number of nitrogens with one attached hydrogen (secondary N) is 2. The van der Waals surface area contributed by atoms with Gasteiger partial charge in [-0.25, -0.2) is 9.97 Å². The molecule has 0 bridgehead atoms. The number of rotatable bonds is 8. The van der Waals surface area contributed by atoms with Crippen LogP contribution in [-0.2, 0) is 14.4 Å². The third-order valence-corrected chi connectivity index (χ3v) is 4.38. The maximum absolute atomic E-state index is 10.7. The van der Waals surface area contributed by atoms with Crippen LogP contribution >= 0.6 is 39.2 Å². The Balaban J connectivity index is -0.000000146. The first-order chi connectivity index (χ1) is 25.3. The first-order valence-corrected chi connectivity index (χ1v) is 19.3. The summed E-state index contributed by atoms with van der Waals surface area (Å²) in [5, 5.41) is 17.9. The molecule has 58 heavy (non-hydrogen) atoms. The number of hydrogen-bond acceptors (Lipinski definition) is 10. The summed E-state index contributed by atoms with van der Waals surface area (Å²) in [6.07, 6.45) is 6.56. The average Bonchev–Trinajstić information content (AvgIpc) is 3.01. The number of aromatic nitrogens is 2. The van der Waals surface area contributed by atoms with Crippen molar-refractivity contribution in [2.75, 3.05) is 77.0 Å². The van der Waals surface area contributed by atoms with Crippen molar-refractivity contribution in [3.05, 3.63) is 71.6 Å². The molecule has 0 saturated heterocycles. The van der Waals surface area contributed by atoms with Gasteiger partial charge in [-0.2, -0.15) is 10.5 Å². The van der Waals surface area contributed by atoms with E-state index < -0.39 is 26.5 Å². The zero-order valence-electron chi connectivity index (χ0n) is 32.6. The van der Waals surface area contributed by atoms with Crippen LogP contribution in [0.4, 0.5) is 50.9 Å². The fraction of sp³-hybridized carbons (Fsp3) is 0.367. The van der Waals surface area contributed by atoms with Crippen molar-refractivity contribution < 1.29 is 70.2 Å². The van der Waals surface area contributed by atoms with Gasteiger partial charge in [-0.05, 0) is 67.6 Å². The van der Waals surface area contributed by atoms with E-state index in [4.69, 9.17) is 10.5 Å². The maximum atomic E-state index is 9.87. The third-order valence-electron chi connectivity index (χ3n) is 3.94. The van der Waals surface area contributed by atoms with Crippen LogP contribution in [0.3, 0.4) is 0 Å². The summed E-state index contributed by atoms with van der Waals surface area (Å²) in [7, 11) is -0.0518. The Hall–Kier alpha value is -4.31. The minimum absolute atomic E-state index is 0. The number of carbonyl (C=O) groups excluding carboxylic acids is 3. The Morgan fingerprint density at radius 1 is 0.793 bits per heavy atom. The summed E-state index contributed by atoms with van der Waals surface area (Å²) in [6, 6.07) is 15.0. The summed E-state index contributed by atoms with van der Waals surface area (Å²) in [5.74, 6) is 0. The van der Waals surface area contributed by atoms with Gasteiger partial charge in [0.25, 0.3) is 0 Å². The fourth-order valence-electron chi connectivity index (χ4n) is 2.40. The molecular formula is C30H45Cl2F12N9O3P2. The van der Waals surface area contributed by atoms with Gasteiger partial charge in [-0.15, -0.1) is 0 Å². The predicted molar refractivity (Wildman–Crippen MR) is 205 cm³/mol. The van der Waals surface area contributed by atoms with Crippen LogP contribution in [-0.4, -0.2) is 119 Å². The van der Waals surface area contributed by atoms with Gasteiger partial charge in [-0.1, -0.05) is 12.1 Å². The molecule has 28 heteroatoms. The van der Waals surface area contributed by atoms with Crippen LogP contribution < -0.4 is 10.2 Å². The smallest absolute Gasteiger partial charge is 0.271 e. The number of halogens is 14. The number of quaternary nitrogens is 1. The van der Waals surface area contributed by atoms with Gasteiger partial charge in [0, 0.05) is 60.3 Å². The number of nitriles is 2. The normalized spacial score (nSPS) is 12.0. The van der Waals surface area contributed by atoms with Crippen molar-refractivity contribution in [3.8, 4) is 12.1 Å². The molecule has 0 aromatic carbocycles. The molecule has 0 aliphatic heterocycles. The number of likely N-dealkylation sites (N-methyl/N-ethyl adjacent to an activating group) is 1. The standard InChI is InChI=1S/C13H18N4.C10H11N3.C3H7NO.C2Cl2O2.C2H7N.F6P.F5P.FH/c1-16(2)9-11(10-17(3)4)13-7-5-6-12(8-14)15-13;1-13(2)7-6-9-4-3-5-10(8-11)12-9;1-4(2)3-5;3-1(5)2(4)6;1-3-2;1-7(2,3,4,5)6;1-6(2,3,4)5;/h5-7,9H,10H2,1-4H3;3-7H,1-2H3;3H,1-2H3;;3H,1-2H3;;;1H/q;;;;;-1;;/p+1/b11-9+;7-6+;;;;;;. The van der Waals surface area contributed by atoms with Gasteiger partial charge in [0.2, 0.25) is 6.41 Å². The molecular weight excluding hydrogens is 895 g/mol. The Kier molecular flexibility index (Phi) is 32.8. The molecule has 2 N–H and O–H groups in total. The topological polar surface area (TPSA) is 151 Å². The zero-order valence-corrected chi connectivity index (χ0v) is 35.9. The first-order valence-electron chi connectivity index (χ1n) is 14.8. The third kappa shape index (κ3) is 72.9. The van der Waals surface area contributed by atoms with Gasteiger partial charge < -0.3 is 24.9 Å². The molecule has 0 fully saturated rings. The second-order valence-electron chi connectivity index (χ2n) is 11.1. The Labute approximate surface area is 338 Å². The molecule has 336 valence electrons. The van der Waals surface area contributed by atoms with Gasteiger partial charge >= 0.3 is 72.6 Å². The van der Waals surface area contributed by atoms with Crippen molar-refractivity contribution >= 4 is 67.7 Å². The van der Waals surface area contributed by atoms with E-state index in [-0.39, 0.29) is 4.70 Å². The van der Waals surface area contributed by atoms with E-state index in [2.05, 4.69) is 64.9 Å². The largest absolute Gasteiger partial charge is 0.304 e. The van der Waals surface area contributed by atoms with Crippen LogP contribution in [0, 0.1) is 22.7 Å². The van der Waals surface area contributed by atoms with Gasteiger partial charge in [0.15, 0.2) is 0 Å².